The zero-order chi connectivity index (χ0) is 16.8. The molecule has 0 spiro atoms. The molecule has 0 amide bonds. The Balaban J connectivity index is 0.00000288. The van der Waals surface area contributed by atoms with E-state index in [1.807, 2.05) is 40.1 Å². The first-order chi connectivity index (χ1) is 11.0. The van der Waals surface area contributed by atoms with Gasteiger partial charge in [-0.05, 0) is 40.1 Å². The number of hydrogen-bond acceptors (Lipinski definition) is 5. The van der Waals surface area contributed by atoms with Crippen molar-refractivity contribution in [2.75, 3.05) is 27.7 Å². The number of halogens is 1. The fraction of sp³-hybridized carbons (Fsp3) is 0.500. The highest BCUT2D eigenvalue weighted by molar-refractivity contribution is 14.0. The fourth-order valence-corrected chi connectivity index (χ4v) is 2.21. The number of nitrogens with zero attached hydrogens (tertiary/aromatic N) is 3. The molecule has 7 nitrogen and oxygen atoms in total. The van der Waals surface area contributed by atoms with Gasteiger partial charge in [0.2, 0.25) is 5.89 Å². The number of rotatable bonds is 6. The maximum absolute atomic E-state index is 5.55. The lowest BCUT2D eigenvalue weighted by Crippen LogP contribution is -2.41. The highest BCUT2D eigenvalue weighted by Gasteiger charge is 2.17. The van der Waals surface area contributed by atoms with Gasteiger partial charge in [0, 0.05) is 13.6 Å². The highest BCUT2D eigenvalue weighted by atomic mass is 127. The third-order valence-corrected chi connectivity index (χ3v) is 3.66. The number of nitrogens with one attached hydrogen (secondary N) is 2. The molecule has 134 valence electrons. The molecule has 1 atom stereocenters. The van der Waals surface area contributed by atoms with E-state index in [2.05, 4.69) is 25.5 Å². The first-order valence-electron chi connectivity index (χ1n) is 7.58. The lowest BCUT2D eigenvalue weighted by Gasteiger charge is -2.23. The van der Waals surface area contributed by atoms with Crippen molar-refractivity contribution in [1.82, 2.24) is 20.5 Å². The van der Waals surface area contributed by atoms with Crippen molar-refractivity contribution in [1.29, 1.82) is 0 Å². The summed E-state index contributed by atoms with van der Waals surface area (Å²) in [6.07, 6.45) is 1.69. The van der Waals surface area contributed by atoms with Crippen LogP contribution >= 0.6 is 24.0 Å². The Morgan fingerprint density at radius 1 is 1.33 bits per heavy atom. The maximum atomic E-state index is 5.55. The molecule has 0 radical (unpaired) electrons. The molecule has 0 saturated heterocycles. The molecule has 2 aromatic rings. The van der Waals surface area contributed by atoms with Crippen LogP contribution in [0.1, 0.15) is 29.1 Å². The van der Waals surface area contributed by atoms with Crippen LogP contribution in [0.4, 0.5) is 0 Å². The van der Waals surface area contributed by atoms with Crippen molar-refractivity contribution in [3.8, 4) is 0 Å². The van der Waals surface area contributed by atoms with E-state index >= 15 is 0 Å². The van der Waals surface area contributed by atoms with Crippen molar-refractivity contribution in [2.45, 2.75) is 26.4 Å². The van der Waals surface area contributed by atoms with Crippen LogP contribution in [0.15, 0.2) is 32.2 Å². The number of likely N-dealkylation sites (N-methyl/N-ethyl adjacent to an activating group) is 1. The first kappa shape index (κ1) is 20.5. The Bertz CT molecular complexity index is 617. The van der Waals surface area contributed by atoms with Gasteiger partial charge < -0.3 is 19.5 Å². The summed E-state index contributed by atoms with van der Waals surface area (Å²) in [4.78, 5) is 10.7. The molecule has 0 aliphatic carbocycles. The molecule has 2 aromatic heterocycles. The Morgan fingerprint density at radius 3 is 2.58 bits per heavy atom. The third-order valence-electron chi connectivity index (χ3n) is 3.66. The summed E-state index contributed by atoms with van der Waals surface area (Å²) in [6, 6.07) is 3.99. The summed E-state index contributed by atoms with van der Waals surface area (Å²) in [5, 5.41) is 6.50. The molecular weight excluding hydrogens is 421 g/mol. The topological polar surface area (TPSA) is 78.8 Å². The Labute approximate surface area is 159 Å². The highest BCUT2D eigenvalue weighted by Crippen LogP contribution is 2.17. The van der Waals surface area contributed by atoms with E-state index in [0.717, 1.165) is 17.2 Å². The van der Waals surface area contributed by atoms with Gasteiger partial charge in [0.1, 0.15) is 11.5 Å². The molecule has 0 saturated carbocycles. The van der Waals surface area contributed by atoms with Gasteiger partial charge in [0.15, 0.2) is 5.96 Å². The van der Waals surface area contributed by atoms with E-state index in [0.29, 0.717) is 24.9 Å². The van der Waals surface area contributed by atoms with Gasteiger partial charge in [-0.25, -0.2) is 4.98 Å². The lowest BCUT2D eigenvalue weighted by atomic mass is 10.2. The summed E-state index contributed by atoms with van der Waals surface area (Å²) in [5.74, 6) is 3.10. The molecule has 0 aliphatic rings. The molecule has 2 heterocycles. The van der Waals surface area contributed by atoms with Crippen LogP contribution in [-0.2, 0) is 6.54 Å². The number of aryl methyl sites for hydroxylation is 2. The van der Waals surface area contributed by atoms with E-state index < -0.39 is 0 Å². The monoisotopic (exact) mass is 447 g/mol. The van der Waals surface area contributed by atoms with Gasteiger partial charge in [-0.1, -0.05) is 0 Å². The summed E-state index contributed by atoms with van der Waals surface area (Å²) in [7, 11) is 5.77. The summed E-state index contributed by atoms with van der Waals surface area (Å²) >= 11 is 0. The van der Waals surface area contributed by atoms with Crippen molar-refractivity contribution < 1.29 is 8.83 Å². The van der Waals surface area contributed by atoms with Crippen molar-refractivity contribution in [3.63, 3.8) is 0 Å². The van der Waals surface area contributed by atoms with Crippen molar-refractivity contribution in [3.05, 3.63) is 41.5 Å². The standard InChI is InChI=1S/C16H25N5O2.HI/c1-11-12(2)23-15(20-11)10-19-16(17-3)18-9-13(21(4)5)14-7-6-8-22-14;/h6-8,13H,9-10H2,1-5H3,(H2,17,18,19);1H. The number of hydrogen-bond donors (Lipinski definition) is 2. The quantitative estimate of drug-likeness (QED) is 0.403. The van der Waals surface area contributed by atoms with Crippen LogP contribution in [0, 0.1) is 13.8 Å². The molecule has 8 heteroatoms. The van der Waals surface area contributed by atoms with Crippen LogP contribution in [0.3, 0.4) is 0 Å². The van der Waals surface area contributed by atoms with Crippen LogP contribution in [0.5, 0.6) is 0 Å². The molecule has 0 bridgehead atoms. The molecule has 2 rings (SSSR count). The second kappa shape index (κ2) is 9.67. The SMILES string of the molecule is CN=C(NCc1nc(C)c(C)o1)NCC(c1ccco1)N(C)C.I. The molecule has 0 aliphatic heterocycles. The van der Waals surface area contributed by atoms with Gasteiger partial charge in [-0.2, -0.15) is 0 Å². The van der Waals surface area contributed by atoms with Crippen LogP contribution in [0.25, 0.3) is 0 Å². The predicted octanol–water partition coefficient (Wildman–Crippen LogP) is 2.47. The zero-order valence-corrected chi connectivity index (χ0v) is 17.1. The van der Waals surface area contributed by atoms with E-state index in [4.69, 9.17) is 8.83 Å². The number of oxazole rings is 1. The lowest BCUT2D eigenvalue weighted by molar-refractivity contribution is 0.258. The van der Waals surface area contributed by atoms with Crippen molar-refractivity contribution in [2.24, 2.45) is 4.99 Å². The van der Waals surface area contributed by atoms with E-state index in [-0.39, 0.29) is 30.0 Å². The Morgan fingerprint density at radius 2 is 2.08 bits per heavy atom. The van der Waals surface area contributed by atoms with Crippen LogP contribution < -0.4 is 10.6 Å². The summed E-state index contributed by atoms with van der Waals surface area (Å²) in [6.45, 7) is 5.00. The molecule has 2 N–H and O–H groups in total. The molecule has 0 fully saturated rings. The second-order valence-corrected chi connectivity index (χ2v) is 5.55. The van der Waals surface area contributed by atoms with E-state index in [1.54, 1.807) is 13.3 Å². The van der Waals surface area contributed by atoms with Gasteiger partial charge in [-0.3, -0.25) is 9.89 Å². The summed E-state index contributed by atoms with van der Waals surface area (Å²) in [5.41, 5.74) is 0.912. The minimum Gasteiger partial charge on any atom is -0.468 e. The largest absolute Gasteiger partial charge is 0.468 e. The zero-order valence-electron chi connectivity index (χ0n) is 14.8. The Hall–Kier alpha value is -1.55. The molecular formula is C16H26IN5O2. The molecule has 24 heavy (non-hydrogen) atoms. The second-order valence-electron chi connectivity index (χ2n) is 5.55. The Kier molecular flexibility index (Phi) is 8.26. The molecule has 1 unspecified atom stereocenters. The molecule has 0 aromatic carbocycles. The van der Waals surface area contributed by atoms with Crippen LogP contribution in [0.2, 0.25) is 0 Å². The van der Waals surface area contributed by atoms with Crippen LogP contribution in [-0.4, -0.2) is 43.5 Å². The van der Waals surface area contributed by atoms with Crippen molar-refractivity contribution >= 4 is 29.9 Å². The maximum Gasteiger partial charge on any atom is 0.214 e. The third kappa shape index (κ3) is 5.52. The number of guanidine groups is 1. The van der Waals surface area contributed by atoms with Gasteiger partial charge in [0.25, 0.3) is 0 Å². The van der Waals surface area contributed by atoms with Gasteiger partial charge >= 0.3 is 0 Å². The smallest absolute Gasteiger partial charge is 0.214 e. The summed E-state index contributed by atoms with van der Waals surface area (Å²) < 4.78 is 11.1. The average molecular weight is 447 g/mol. The number of aliphatic imine (C=N–C) groups is 1. The minimum absolute atomic E-state index is 0. The van der Waals surface area contributed by atoms with E-state index in [9.17, 15) is 0 Å². The predicted molar refractivity (Wildman–Crippen MR) is 105 cm³/mol. The fourth-order valence-electron chi connectivity index (χ4n) is 2.21. The number of furan rings is 1. The number of aromatic nitrogens is 1. The van der Waals surface area contributed by atoms with Gasteiger partial charge in [-0.15, -0.1) is 24.0 Å². The minimum atomic E-state index is 0. The van der Waals surface area contributed by atoms with E-state index in [1.165, 1.54) is 0 Å². The normalized spacial score (nSPS) is 12.8. The first-order valence-corrected chi connectivity index (χ1v) is 7.58. The average Bonchev–Trinajstić information content (AvgIpc) is 3.13. The van der Waals surface area contributed by atoms with Gasteiger partial charge in [0.05, 0.1) is 24.5 Å².